The molecule has 0 N–H and O–H groups in total. The van der Waals surface area contributed by atoms with Gasteiger partial charge in [0.25, 0.3) is 0 Å². The maximum Gasteiger partial charge on any atom is 0.247 e. The fourth-order valence-corrected chi connectivity index (χ4v) is 5.83. The van der Waals surface area contributed by atoms with Crippen LogP contribution in [0.2, 0.25) is 0 Å². The first-order valence-electron chi connectivity index (χ1n) is 15.1. The van der Waals surface area contributed by atoms with E-state index in [1.807, 2.05) is 85.5 Å². The van der Waals surface area contributed by atoms with Gasteiger partial charge in [0.05, 0.1) is 5.69 Å². The second-order valence-corrected chi connectivity index (χ2v) is 11.3. The van der Waals surface area contributed by atoms with Gasteiger partial charge in [-0.05, 0) is 54.2 Å². The summed E-state index contributed by atoms with van der Waals surface area (Å²) in [7, 11) is 0. The van der Waals surface area contributed by atoms with E-state index >= 15 is 0 Å². The smallest absolute Gasteiger partial charge is 0.247 e. The number of benzene rings is 3. The fraction of sp³-hybridized carbons (Fsp3) is 0.216. The third-order valence-corrected chi connectivity index (χ3v) is 8.34. The zero-order valence-corrected chi connectivity index (χ0v) is 25.5. The first-order chi connectivity index (χ1) is 22.0. The molecule has 1 aliphatic rings. The number of aryl methyl sites for hydroxylation is 2. The largest absolute Gasteiger partial charge is 0.361 e. The molecule has 6 rings (SSSR count). The van der Waals surface area contributed by atoms with Gasteiger partial charge in [0.2, 0.25) is 11.8 Å². The molecule has 3 aromatic carbocycles. The lowest BCUT2D eigenvalue weighted by Gasteiger charge is -2.37. The van der Waals surface area contributed by atoms with Gasteiger partial charge in [-0.15, -0.1) is 0 Å². The molecule has 0 saturated carbocycles. The van der Waals surface area contributed by atoms with Crippen LogP contribution < -0.4 is 0 Å². The quantitative estimate of drug-likeness (QED) is 0.194. The van der Waals surface area contributed by atoms with Crippen LogP contribution in [0, 0.1) is 13.8 Å². The molecule has 0 radical (unpaired) electrons. The van der Waals surface area contributed by atoms with Gasteiger partial charge >= 0.3 is 0 Å². The molecular formula is C37H35N5O3. The van der Waals surface area contributed by atoms with Crippen LogP contribution in [0.3, 0.4) is 0 Å². The molecule has 5 aromatic rings. The Morgan fingerprint density at radius 1 is 0.889 bits per heavy atom. The number of carbonyl (C=O) groups excluding carboxylic acids is 2. The van der Waals surface area contributed by atoms with Crippen molar-refractivity contribution in [2.45, 2.75) is 45.8 Å². The van der Waals surface area contributed by atoms with Crippen molar-refractivity contribution in [3.05, 3.63) is 143 Å². The lowest BCUT2D eigenvalue weighted by molar-refractivity contribution is -0.144. The normalized spacial score (nSPS) is 13.4. The minimum Gasteiger partial charge on any atom is -0.361 e. The Morgan fingerprint density at radius 3 is 2.31 bits per heavy atom. The van der Waals surface area contributed by atoms with Crippen molar-refractivity contribution in [1.29, 1.82) is 0 Å². The van der Waals surface area contributed by atoms with Crippen LogP contribution in [0.1, 0.15) is 39.3 Å². The predicted octanol–water partition coefficient (Wildman–Crippen LogP) is 5.99. The third-order valence-electron chi connectivity index (χ3n) is 8.34. The van der Waals surface area contributed by atoms with Crippen molar-refractivity contribution in [3.63, 3.8) is 0 Å². The molecule has 2 amide bonds. The number of nitrogens with zero attached hydrogens (tertiary/aromatic N) is 5. The highest BCUT2D eigenvalue weighted by Crippen LogP contribution is 2.24. The number of fused-ring (bicyclic) bond motifs is 1. The van der Waals surface area contributed by atoms with Gasteiger partial charge in [-0.3, -0.25) is 9.59 Å². The van der Waals surface area contributed by atoms with Crippen LogP contribution >= 0.6 is 0 Å². The molecule has 1 atom stereocenters. The zero-order valence-electron chi connectivity index (χ0n) is 25.5. The van der Waals surface area contributed by atoms with E-state index in [1.54, 1.807) is 23.4 Å². The Morgan fingerprint density at radius 2 is 1.60 bits per heavy atom. The van der Waals surface area contributed by atoms with Crippen LogP contribution in [0.25, 0.3) is 17.2 Å². The molecule has 0 bridgehead atoms. The predicted molar refractivity (Wildman–Crippen MR) is 173 cm³/mol. The molecule has 226 valence electrons. The molecule has 2 aromatic heterocycles. The summed E-state index contributed by atoms with van der Waals surface area (Å²) in [5, 5.41) is 4.02. The molecule has 1 unspecified atom stereocenters. The van der Waals surface area contributed by atoms with E-state index in [0.29, 0.717) is 31.0 Å². The summed E-state index contributed by atoms with van der Waals surface area (Å²) in [4.78, 5) is 40.5. The van der Waals surface area contributed by atoms with Crippen LogP contribution in [0.15, 0.2) is 108 Å². The second-order valence-electron chi connectivity index (χ2n) is 11.3. The highest BCUT2D eigenvalue weighted by Gasteiger charge is 2.34. The van der Waals surface area contributed by atoms with Crippen LogP contribution in [0.4, 0.5) is 0 Å². The molecule has 45 heavy (non-hydrogen) atoms. The van der Waals surface area contributed by atoms with E-state index in [-0.39, 0.29) is 18.4 Å². The molecule has 8 heteroatoms. The monoisotopic (exact) mass is 597 g/mol. The number of carbonyl (C=O) groups is 2. The SMILES string of the molecule is Cc1noc(C)c1C=CC(=O)N(Cc1ccc(-c2cncnc2)cc1)C(Cc1ccccc1)C(=O)N1CCc2ccccc2C1. The average molecular weight is 598 g/mol. The number of hydrogen-bond donors (Lipinski definition) is 0. The third kappa shape index (κ3) is 6.91. The summed E-state index contributed by atoms with van der Waals surface area (Å²) in [6.07, 6.45) is 9.47. The number of rotatable bonds is 9. The van der Waals surface area contributed by atoms with Crippen molar-refractivity contribution in [2.24, 2.45) is 0 Å². The van der Waals surface area contributed by atoms with Gasteiger partial charge in [0, 0.05) is 55.7 Å². The number of amides is 2. The summed E-state index contributed by atoms with van der Waals surface area (Å²) >= 11 is 0. The first kappa shape index (κ1) is 29.7. The minimum absolute atomic E-state index is 0.0644. The van der Waals surface area contributed by atoms with E-state index in [9.17, 15) is 9.59 Å². The molecule has 0 fully saturated rings. The van der Waals surface area contributed by atoms with Crippen molar-refractivity contribution in [1.82, 2.24) is 24.9 Å². The molecule has 3 heterocycles. The van der Waals surface area contributed by atoms with Crippen molar-refractivity contribution in [2.75, 3.05) is 6.54 Å². The topological polar surface area (TPSA) is 92.4 Å². The van der Waals surface area contributed by atoms with Crippen LogP contribution in [-0.2, 0) is 35.5 Å². The van der Waals surface area contributed by atoms with Crippen LogP contribution in [-0.4, -0.2) is 49.3 Å². The maximum absolute atomic E-state index is 14.5. The Labute approximate surface area is 263 Å². The molecule has 1 aliphatic heterocycles. The van der Waals surface area contributed by atoms with Gasteiger partial charge in [0.1, 0.15) is 18.1 Å². The molecular weight excluding hydrogens is 562 g/mol. The lowest BCUT2D eigenvalue weighted by atomic mass is 9.97. The van der Waals surface area contributed by atoms with Gasteiger partial charge in [-0.25, -0.2) is 9.97 Å². The Bertz CT molecular complexity index is 1780. The standard InChI is InChI=1S/C37H35N5O3/c1-26-34(27(2)45-40-26)16-17-36(43)42(23-29-12-14-31(15-13-29)33-21-38-25-39-22-33)35(20-28-8-4-3-5-9-28)37(44)41-19-18-30-10-6-7-11-32(30)24-41/h3-17,21-22,25,35H,18-20,23-24H2,1-2H3. The Kier molecular flexibility index (Phi) is 8.91. The van der Waals surface area contributed by atoms with E-state index in [0.717, 1.165) is 39.8 Å². The van der Waals surface area contributed by atoms with Crippen molar-refractivity contribution in [3.8, 4) is 11.1 Å². The summed E-state index contributed by atoms with van der Waals surface area (Å²) in [5.74, 6) is 0.306. The van der Waals surface area contributed by atoms with Gasteiger partial charge in [0.15, 0.2) is 0 Å². The van der Waals surface area contributed by atoms with Gasteiger partial charge < -0.3 is 14.3 Å². The van der Waals surface area contributed by atoms with Crippen LogP contribution in [0.5, 0.6) is 0 Å². The van der Waals surface area contributed by atoms with Crippen molar-refractivity contribution >= 4 is 17.9 Å². The molecule has 0 spiro atoms. The summed E-state index contributed by atoms with van der Waals surface area (Å²) in [6, 6.07) is 25.4. The molecule has 8 nitrogen and oxygen atoms in total. The van der Waals surface area contributed by atoms with Gasteiger partial charge in [-0.1, -0.05) is 84.0 Å². The van der Waals surface area contributed by atoms with E-state index in [1.165, 1.54) is 18.0 Å². The summed E-state index contributed by atoms with van der Waals surface area (Å²) in [5.41, 5.74) is 7.64. The first-order valence-corrected chi connectivity index (χ1v) is 15.1. The van der Waals surface area contributed by atoms with Gasteiger partial charge in [-0.2, -0.15) is 0 Å². The molecule has 0 aliphatic carbocycles. The Hall–Kier alpha value is -5.37. The highest BCUT2D eigenvalue weighted by atomic mass is 16.5. The lowest BCUT2D eigenvalue weighted by Crippen LogP contribution is -2.52. The number of aromatic nitrogens is 3. The second kappa shape index (κ2) is 13.5. The minimum atomic E-state index is -0.721. The average Bonchev–Trinajstić information content (AvgIpc) is 3.41. The van der Waals surface area contributed by atoms with E-state index in [4.69, 9.17) is 4.52 Å². The highest BCUT2D eigenvalue weighted by molar-refractivity contribution is 5.96. The van der Waals surface area contributed by atoms with E-state index < -0.39 is 6.04 Å². The zero-order chi connectivity index (χ0) is 31.2. The fourth-order valence-electron chi connectivity index (χ4n) is 5.83. The summed E-state index contributed by atoms with van der Waals surface area (Å²) in [6.45, 7) is 5.03. The molecule has 0 saturated heterocycles. The summed E-state index contributed by atoms with van der Waals surface area (Å²) < 4.78 is 5.31. The van der Waals surface area contributed by atoms with Crippen molar-refractivity contribution < 1.29 is 14.1 Å². The van der Waals surface area contributed by atoms with E-state index in [2.05, 4.69) is 27.3 Å². The number of hydrogen-bond acceptors (Lipinski definition) is 6. The Balaban J connectivity index is 1.35. The maximum atomic E-state index is 14.5.